The molecule has 0 saturated carbocycles. The standard InChI is InChI=1S/C23H21NO4S/c1-27-20(25)15-19-22(26)21(23(29-19)24-11-13-28-14-12-24)18-9-7-17(8-10-18)16-5-3-2-4-6-16/h2-10,15H,11-14H2,1H3/b19-15-. The van der Waals surface area contributed by atoms with Gasteiger partial charge in [-0.1, -0.05) is 66.4 Å². The second-order valence-corrected chi connectivity index (χ2v) is 7.72. The first-order valence-electron chi connectivity index (χ1n) is 9.42. The molecule has 1 saturated heterocycles. The molecule has 6 heteroatoms. The number of allylic oxidation sites excluding steroid dienone is 2. The number of ketones is 1. The summed E-state index contributed by atoms with van der Waals surface area (Å²) in [5, 5.41) is 0.876. The minimum absolute atomic E-state index is 0.144. The molecule has 2 aliphatic heterocycles. The first-order chi connectivity index (χ1) is 14.2. The summed E-state index contributed by atoms with van der Waals surface area (Å²) in [6.45, 7) is 2.67. The molecule has 0 aromatic heterocycles. The van der Waals surface area contributed by atoms with E-state index in [0.29, 0.717) is 36.8 Å². The lowest BCUT2D eigenvalue weighted by atomic mass is 9.98. The van der Waals surface area contributed by atoms with E-state index in [-0.39, 0.29) is 5.78 Å². The van der Waals surface area contributed by atoms with Gasteiger partial charge in [-0.25, -0.2) is 4.79 Å². The maximum atomic E-state index is 13.2. The fraction of sp³-hybridized carbons (Fsp3) is 0.217. The van der Waals surface area contributed by atoms with Crippen molar-refractivity contribution in [1.29, 1.82) is 0 Å². The Morgan fingerprint density at radius 1 is 1.00 bits per heavy atom. The number of hydrogen-bond acceptors (Lipinski definition) is 6. The highest BCUT2D eigenvalue weighted by molar-refractivity contribution is 8.08. The summed E-state index contributed by atoms with van der Waals surface area (Å²) in [6, 6.07) is 18.1. The number of benzene rings is 2. The van der Waals surface area contributed by atoms with E-state index in [1.165, 1.54) is 24.9 Å². The van der Waals surface area contributed by atoms with Gasteiger partial charge in [0.2, 0.25) is 5.78 Å². The van der Waals surface area contributed by atoms with Crippen molar-refractivity contribution in [3.05, 3.63) is 76.2 Å². The third kappa shape index (κ3) is 4.13. The second kappa shape index (κ2) is 8.68. The number of thioether (sulfide) groups is 1. The van der Waals surface area contributed by atoms with Crippen LogP contribution in [0.5, 0.6) is 0 Å². The van der Waals surface area contributed by atoms with Gasteiger partial charge in [0.05, 0.1) is 35.8 Å². The zero-order valence-corrected chi connectivity index (χ0v) is 16.9. The third-order valence-electron chi connectivity index (χ3n) is 4.90. The highest BCUT2D eigenvalue weighted by atomic mass is 32.2. The van der Waals surface area contributed by atoms with Crippen LogP contribution < -0.4 is 0 Å². The van der Waals surface area contributed by atoms with E-state index >= 15 is 0 Å². The molecule has 0 atom stereocenters. The molecule has 0 N–H and O–H groups in total. The molecule has 4 rings (SSSR count). The first kappa shape index (κ1) is 19.5. The van der Waals surface area contributed by atoms with E-state index in [9.17, 15) is 9.59 Å². The first-order valence-corrected chi connectivity index (χ1v) is 10.2. The van der Waals surface area contributed by atoms with E-state index in [0.717, 1.165) is 21.7 Å². The minimum atomic E-state index is -0.525. The van der Waals surface area contributed by atoms with Gasteiger partial charge in [0.15, 0.2) is 0 Å². The van der Waals surface area contributed by atoms with Crippen molar-refractivity contribution in [3.8, 4) is 11.1 Å². The van der Waals surface area contributed by atoms with Crippen LogP contribution in [0.1, 0.15) is 5.56 Å². The Hall–Kier alpha value is -2.83. The summed E-state index contributed by atoms with van der Waals surface area (Å²) in [7, 11) is 1.31. The Labute approximate surface area is 174 Å². The van der Waals surface area contributed by atoms with Crippen LogP contribution in [0.2, 0.25) is 0 Å². The van der Waals surface area contributed by atoms with Gasteiger partial charge in [-0.3, -0.25) is 4.79 Å². The van der Waals surface area contributed by atoms with Crippen molar-refractivity contribution in [3.63, 3.8) is 0 Å². The van der Waals surface area contributed by atoms with Crippen LogP contribution in [0, 0.1) is 0 Å². The van der Waals surface area contributed by atoms with Gasteiger partial charge in [-0.2, -0.15) is 0 Å². The van der Waals surface area contributed by atoms with Crippen LogP contribution in [-0.2, 0) is 19.1 Å². The molecule has 2 heterocycles. The number of Topliss-reactive ketones (excluding diaryl/α,β-unsaturated/α-hetero) is 1. The number of morpholine rings is 1. The van der Waals surface area contributed by atoms with Crippen molar-refractivity contribution in [2.75, 3.05) is 33.4 Å². The fourth-order valence-electron chi connectivity index (χ4n) is 3.39. The Bertz CT molecular complexity index is 974. The van der Waals surface area contributed by atoms with E-state index in [1.807, 2.05) is 42.5 Å². The summed E-state index contributed by atoms with van der Waals surface area (Å²) < 4.78 is 10.2. The predicted octanol–water partition coefficient (Wildman–Crippen LogP) is 3.73. The maximum Gasteiger partial charge on any atom is 0.331 e. The quantitative estimate of drug-likeness (QED) is 0.569. The van der Waals surface area contributed by atoms with Crippen LogP contribution in [0.15, 0.2) is 70.6 Å². The Kier molecular flexibility index (Phi) is 5.83. The summed E-state index contributed by atoms with van der Waals surface area (Å²) in [5.41, 5.74) is 3.69. The van der Waals surface area contributed by atoms with Crippen molar-refractivity contribution in [2.45, 2.75) is 0 Å². The van der Waals surface area contributed by atoms with Gasteiger partial charge in [0.1, 0.15) is 0 Å². The number of carbonyl (C=O) groups is 2. The molecular formula is C23H21NO4S. The van der Waals surface area contributed by atoms with Gasteiger partial charge < -0.3 is 14.4 Å². The molecule has 0 spiro atoms. The van der Waals surface area contributed by atoms with Crippen LogP contribution in [0.3, 0.4) is 0 Å². The zero-order chi connectivity index (χ0) is 20.2. The van der Waals surface area contributed by atoms with Crippen LogP contribution in [0.4, 0.5) is 0 Å². The lowest BCUT2D eigenvalue weighted by Gasteiger charge is -2.29. The Morgan fingerprint density at radius 3 is 2.28 bits per heavy atom. The largest absolute Gasteiger partial charge is 0.466 e. The molecule has 2 aliphatic rings. The smallest absolute Gasteiger partial charge is 0.331 e. The average Bonchev–Trinajstić information content (AvgIpc) is 3.11. The van der Waals surface area contributed by atoms with Crippen molar-refractivity contribution >= 4 is 29.1 Å². The summed E-state index contributed by atoms with van der Waals surface area (Å²) in [6.07, 6.45) is 1.28. The molecule has 0 bridgehead atoms. The van der Waals surface area contributed by atoms with Crippen molar-refractivity contribution in [2.24, 2.45) is 0 Å². The molecule has 0 unspecified atom stereocenters. The topological polar surface area (TPSA) is 55.8 Å². The van der Waals surface area contributed by atoms with E-state index in [1.54, 1.807) is 0 Å². The highest BCUT2D eigenvalue weighted by Crippen LogP contribution is 2.45. The Morgan fingerprint density at radius 2 is 1.62 bits per heavy atom. The molecule has 2 aromatic carbocycles. The highest BCUT2D eigenvalue weighted by Gasteiger charge is 2.34. The van der Waals surface area contributed by atoms with E-state index < -0.39 is 5.97 Å². The molecular weight excluding hydrogens is 386 g/mol. The SMILES string of the molecule is COC(=O)/C=C1\SC(N2CCOCC2)=C(c2ccc(-c3ccccc3)cc2)C1=O. The van der Waals surface area contributed by atoms with Gasteiger partial charge in [0, 0.05) is 19.2 Å². The maximum absolute atomic E-state index is 13.2. The second-order valence-electron chi connectivity index (χ2n) is 6.69. The van der Waals surface area contributed by atoms with Crippen LogP contribution in [0.25, 0.3) is 16.7 Å². The summed E-state index contributed by atoms with van der Waals surface area (Å²) in [4.78, 5) is 27.4. The molecule has 1 fully saturated rings. The van der Waals surface area contributed by atoms with Crippen LogP contribution >= 0.6 is 11.8 Å². The van der Waals surface area contributed by atoms with Crippen molar-refractivity contribution < 1.29 is 19.1 Å². The normalized spacial score (nSPS) is 18.4. The number of methoxy groups -OCH3 is 1. The monoisotopic (exact) mass is 407 g/mol. The molecule has 0 amide bonds. The summed E-state index contributed by atoms with van der Waals surface area (Å²) in [5.74, 6) is -0.669. The fourth-order valence-corrected chi connectivity index (χ4v) is 4.57. The molecule has 0 aliphatic carbocycles. The Balaban J connectivity index is 1.71. The van der Waals surface area contributed by atoms with E-state index in [4.69, 9.17) is 9.47 Å². The molecule has 5 nitrogen and oxygen atoms in total. The average molecular weight is 407 g/mol. The van der Waals surface area contributed by atoms with Crippen LogP contribution in [-0.4, -0.2) is 50.1 Å². The number of rotatable bonds is 4. The number of nitrogens with zero attached hydrogens (tertiary/aromatic N) is 1. The lowest BCUT2D eigenvalue weighted by molar-refractivity contribution is -0.135. The van der Waals surface area contributed by atoms with Crippen molar-refractivity contribution in [1.82, 2.24) is 4.90 Å². The molecule has 29 heavy (non-hydrogen) atoms. The van der Waals surface area contributed by atoms with Gasteiger partial charge in [-0.15, -0.1) is 0 Å². The molecule has 2 aromatic rings. The molecule has 0 radical (unpaired) electrons. The van der Waals surface area contributed by atoms with Gasteiger partial charge in [0.25, 0.3) is 0 Å². The number of esters is 1. The summed E-state index contributed by atoms with van der Waals surface area (Å²) >= 11 is 1.33. The third-order valence-corrected chi connectivity index (χ3v) is 6.08. The van der Waals surface area contributed by atoms with E-state index in [2.05, 4.69) is 17.0 Å². The number of hydrogen-bond donors (Lipinski definition) is 0. The minimum Gasteiger partial charge on any atom is -0.466 e. The zero-order valence-electron chi connectivity index (χ0n) is 16.1. The number of carbonyl (C=O) groups excluding carboxylic acids is 2. The molecule has 148 valence electrons. The lowest BCUT2D eigenvalue weighted by Crippen LogP contribution is -2.34. The predicted molar refractivity (Wildman–Crippen MR) is 114 cm³/mol. The van der Waals surface area contributed by atoms with Gasteiger partial charge in [-0.05, 0) is 16.7 Å². The van der Waals surface area contributed by atoms with Gasteiger partial charge >= 0.3 is 5.97 Å². The number of ether oxygens (including phenoxy) is 2.